The van der Waals surface area contributed by atoms with Crippen LogP contribution in [0.25, 0.3) is 0 Å². The summed E-state index contributed by atoms with van der Waals surface area (Å²) in [6, 6.07) is 11.1. The topological polar surface area (TPSA) is 84.6 Å². The van der Waals surface area contributed by atoms with Gasteiger partial charge in [0.15, 0.2) is 17.3 Å². The smallest absolute Gasteiger partial charge is 0.416 e. The molecule has 0 saturated heterocycles. The highest BCUT2D eigenvalue weighted by molar-refractivity contribution is 6.27. The van der Waals surface area contributed by atoms with Gasteiger partial charge in [-0.1, -0.05) is 42.5 Å². The van der Waals surface area contributed by atoms with Crippen LogP contribution in [0.2, 0.25) is 0 Å². The van der Waals surface area contributed by atoms with Gasteiger partial charge < -0.3 is 9.52 Å². The number of Topliss-reactive ketones (excluding diaryl/α,β-unsaturated/α-hetero) is 2. The first-order chi connectivity index (χ1) is 14.6. The van der Waals surface area contributed by atoms with Crippen LogP contribution in [0, 0.1) is 12.8 Å². The molecule has 3 aromatic rings. The number of aryl methyl sites for hydroxylation is 1. The third-order valence-electron chi connectivity index (χ3n) is 5.28. The highest BCUT2D eigenvalue weighted by Crippen LogP contribution is 2.44. The molecule has 31 heavy (non-hydrogen) atoms. The van der Waals surface area contributed by atoms with Gasteiger partial charge in [-0.3, -0.25) is 14.4 Å². The van der Waals surface area contributed by atoms with Gasteiger partial charge in [-0.05, 0) is 18.6 Å². The second kappa shape index (κ2) is 7.23. The van der Waals surface area contributed by atoms with Crippen LogP contribution in [0.1, 0.15) is 49.3 Å². The highest BCUT2D eigenvalue weighted by Gasteiger charge is 2.47. The molecule has 1 aromatic heterocycles. The van der Waals surface area contributed by atoms with Crippen molar-refractivity contribution in [1.29, 1.82) is 0 Å². The summed E-state index contributed by atoms with van der Waals surface area (Å²) in [5.41, 5.74) is -1.66. The van der Waals surface area contributed by atoms with Crippen molar-refractivity contribution >= 4 is 11.6 Å². The average Bonchev–Trinajstić information content (AvgIpc) is 2.97. The quantitative estimate of drug-likeness (QED) is 0.621. The Morgan fingerprint density at radius 3 is 2.13 bits per heavy atom. The zero-order valence-electron chi connectivity index (χ0n) is 16.1. The summed E-state index contributed by atoms with van der Waals surface area (Å²) < 4.78 is 45.5. The van der Waals surface area contributed by atoms with Gasteiger partial charge in [0, 0.05) is 17.2 Å². The van der Waals surface area contributed by atoms with Gasteiger partial charge >= 0.3 is 6.18 Å². The van der Waals surface area contributed by atoms with Crippen molar-refractivity contribution in [1.82, 2.24) is 0 Å². The summed E-state index contributed by atoms with van der Waals surface area (Å²) in [4.78, 5) is 38.4. The number of hydrogen-bond donors (Lipinski definition) is 1. The van der Waals surface area contributed by atoms with E-state index in [0.717, 1.165) is 24.3 Å². The van der Waals surface area contributed by atoms with E-state index in [9.17, 15) is 32.7 Å². The maximum absolute atomic E-state index is 13.3. The number of rotatable bonds is 3. The van der Waals surface area contributed by atoms with Crippen molar-refractivity contribution < 1.29 is 32.3 Å². The van der Waals surface area contributed by atoms with Gasteiger partial charge in [0.05, 0.1) is 17.4 Å². The Bertz CT molecular complexity index is 1240. The minimum Gasteiger partial charge on any atom is -0.502 e. The molecule has 1 aliphatic carbocycles. The number of benzene rings is 2. The van der Waals surface area contributed by atoms with Crippen LogP contribution in [0.5, 0.6) is 5.75 Å². The highest BCUT2D eigenvalue weighted by atomic mass is 19.4. The molecule has 0 amide bonds. The lowest BCUT2D eigenvalue weighted by Gasteiger charge is -2.23. The summed E-state index contributed by atoms with van der Waals surface area (Å²) in [5.74, 6) is -5.37. The summed E-state index contributed by atoms with van der Waals surface area (Å²) in [6.45, 7) is 1.42. The fourth-order valence-corrected chi connectivity index (χ4v) is 3.91. The molecular formula is C23H15F3O5. The number of alkyl halides is 3. The number of ketones is 2. The van der Waals surface area contributed by atoms with Crippen molar-refractivity contribution in [2.45, 2.75) is 19.0 Å². The molecule has 4 rings (SSSR count). The standard InChI is InChI=1S/C23H15F3O5/c1-11-9-16(27)21(30)22(31-11)17(12-5-4-6-13(10-12)23(24,25)26)18-19(28)14-7-2-3-8-15(14)20(18)29/h2-10,17-18,30H,1H3. The van der Waals surface area contributed by atoms with Crippen LogP contribution in [-0.2, 0) is 6.18 Å². The molecule has 1 unspecified atom stereocenters. The summed E-state index contributed by atoms with van der Waals surface area (Å²) in [5, 5.41) is 10.4. The predicted molar refractivity (Wildman–Crippen MR) is 103 cm³/mol. The number of fused-ring (bicyclic) bond motifs is 1. The molecule has 0 radical (unpaired) electrons. The first-order valence-electron chi connectivity index (χ1n) is 9.28. The summed E-state index contributed by atoms with van der Waals surface area (Å²) in [7, 11) is 0. The molecule has 0 aliphatic heterocycles. The first-order valence-corrected chi connectivity index (χ1v) is 9.28. The Morgan fingerprint density at radius 2 is 1.55 bits per heavy atom. The molecule has 0 bridgehead atoms. The molecule has 1 N–H and O–H groups in total. The Hall–Kier alpha value is -3.68. The van der Waals surface area contributed by atoms with Crippen molar-refractivity contribution in [3.63, 3.8) is 0 Å². The van der Waals surface area contributed by atoms with E-state index in [1.54, 1.807) is 12.1 Å². The van der Waals surface area contributed by atoms with Gasteiger partial charge in [-0.25, -0.2) is 0 Å². The van der Waals surface area contributed by atoms with E-state index in [4.69, 9.17) is 4.42 Å². The van der Waals surface area contributed by atoms with Crippen molar-refractivity contribution in [2.24, 2.45) is 5.92 Å². The van der Waals surface area contributed by atoms with E-state index in [2.05, 4.69) is 0 Å². The predicted octanol–water partition coefficient (Wildman–Crippen LogP) is 4.50. The molecule has 158 valence electrons. The Labute approximate surface area is 173 Å². The van der Waals surface area contributed by atoms with Crippen LogP contribution >= 0.6 is 0 Å². The number of aromatic hydroxyl groups is 1. The molecule has 2 aromatic carbocycles. The number of carbonyl (C=O) groups excluding carboxylic acids is 2. The lowest BCUT2D eigenvalue weighted by atomic mass is 9.80. The lowest BCUT2D eigenvalue weighted by molar-refractivity contribution is -0.137. The van der Waals surface area contributed by atoms with E-state index >= 15 is 0 Å². The van der Waals surface area contributed by atoms with E-state index in [1.165, 1.54) is 25.1 Å². The molecule has 0 fully saturated rings. The molecular weight excluding hydrogens is 413 g/mol. The Balaban J connectivity index is 1.98. The Kier molecular flexibility index (Phi) is 4.80. The van der Waals surface area contributed by atoms with Crippen LogP contribution in [0.3, 0.4) is 0 Å². The SMILES string of the molecule is Cc1cc(=O)c(O)c(C(c2cccc(C(F)(F)F)c2)C2C(=O)c3ccccc3C2=O)o1. The summed E-state index contributed by atoms with van der Waals surface area (Å²) in [6.07, 6.45) is -4.68. The number of carbonyl (C=O) groups is 2. The molecule has 0 saturated carbocycles. The second-order valence-electron chi connectivity index (χ2n) is 7.29. The van der Waals surface area contributed by atoms with E-state index in [0.29, 0.717) is 0 Å². The van der Waals surface area contributed by atoms with Gasteiger partial charge in [0.25, 0.3) is 0 Å². The fraction of sp³-hybridized carbons (Fsp3) is 0.174. The maximum atomic E-state index is 13.3. The molecule has 1 heterocycles. The monoisotopic (exact) mass is 428 g/mol. The van der Waals surface area contributed by atoms with Gasteiger partial charge in [0.2, 0.25) is 11.2 Å². The molecule has 1 atom stereocenters. The van der Waals surface area contributed by atoms with Crippen LogP contribution in [0.15, 0.2) is 63.8 Å². The largest absolute Gasteiger partial charge is 0.502 e. The third kappa shape index (κ3) is 3.43. The van der Waals surface area contributed by atoms with Crippen molar-refractivity contribution in [2.75, 3.05) is 0 Å². The number of halogens is 3. The molecule has 8 heteroatoms. The lowest BCUT2D eigenvalue weighted by Crippen LogP contribution is -2.26. The molecule has 5 nitrogen and oxygen atoms in total. The zero-order chi connectivity index (χ0) is 22.5. The van der Waals surface area contributed by atoms with Gasteiger partial charge in [-0.15, -0.1) is 0 Å². The summed E-state index contributed by atoms with van der Waals surface area (Å²) >= 11 is 0. The van der Waals surface area contributed by atoms with Crippen LogP contribution < -0.4 is 5.43 Å². The second-order valence-corrected chi connectivity index (χ2v) is 7.29. The Morgan fingerprint density at radius 1 is 0.935 bits per heavy atom. The average molecular weight is 428 g/mol. The van der Waals surface area contributed by atoms with Crippen LogP contribution in [0.4, 0.5) is 13.2 Å². The van der Waals surface area contributed by atoms with E-state index in [-0.39, 0.29) is 22.5 Å². The van der Waals surface area contributed by atoms with Crippen LogP contribution in [-0.4, -0.2) is 16.7 Å². The fourth-order valence-electron chi connectivity index (χ4n) is 3.91. The van der Waals surface area contributed by atoms with E-state index < -0.39 is 52.1 Å². The first kappa shape index (κ1) is 20.6. The molecule has 1 aliphatic rings. The number of hydrogen-bond acceptors (Lipinski definition) is 5. The normalized spacial score (nSPS) is 15.2. The maximum Gasteiger partial charge on any atom is 0.416 e. The zero-order valence-corrected chi connectivity index (χ0v) is 16.1. The minimum absolute atomic E-state index is 0.0742. The minimum atomic E-state index is -4.68. The van der Waals surface area contributed by atoms with Gasteiger partial charge in [-0.2, -0.15) is 13.2 Å². The van der Waals surface area contributed by atoms with Gasteiger partial charge in [0.1, 0.15) is 5.76 Å². The van der Waals surface area contributed by atoms with Crippen molar-refractivity contribution in [3.05, 3.63) is 98.6 Å². The molecule has 0 spiro atoms. The van der Waals surface area contributed by atoms with Crippen molar-refractivity contribution in [3.8, 4) is 5.75 Å². The van der Waals surface area contributed by atoms with E-state index in [1.807, 2.05) is 0 Å². The third-order valence-corrected chi connectivity index (χ3v) is 5.28.